The van der Waals surface area contributed by atoms with Crippen LogP contribution >= 0.6 is 0 Å². The zero-order valence-electron chi connectivity index (χ0n) is 29.4. The minimum absolute atomic E-state index is 0.0212. The summed E-state index contributed by atoms with van der Waals surface area (Å²) in [6.07, 6.45) is 2.27. The second-order valence-electron chi connectivity index (χ2n) is 13.7. The Balaban J connectivity index is 1.57. The van der Waals surface area contributed by atoms with Crippen LogP contribution in [0.1, 0.15) is 88.1 Å². The zero-order valence-corrected chi connectivity index (χ0v) is 29.4. The van der Waals surface area contributed by atoms with Gasteiger partial charge in [0, 0.05) is 50.0 Å². The number of amides is 4. The predicted molar refractivity (Wildman–Crippen MR) is 185 cm³/mol. The van der Waals surface area contributed by atoms with Crippen LogP contribution < -0.4 is 15.4 Å². The molecule has 2 aromatic carbocycles. The molecule has 4 rings (SSSR count). The Labute approximate surface area is 292 Å². The highest BCUT2D eigenvalue weighted by atomic mass is 19.4. The molecule has 0 saturated heterocycles. The van der Waals surface area contributed by atoms with Crippen LogP contribution in [0.2, 0.25) is 0 Å². The number of nitrogens with zero attached hydrogens (tertiary/aromatic N) is 2. The molecule has 1 aliphatic heterocycles. The molecule has 4 atom stereocenters. The average Bonchev–Trinajstić information content (AvgIpc) is 3.09. The van der Waals surface area contributed by atoms with Crippen molar-refractivity contribution >= 4 is 29.2 Å². The number of carbonyl (C=O) groups excluding carboxylic acids is 3. The van der Waals surface area contributed by atoms with Gasteiger partial charge in [0.1, 0.15) is 5.75 Å². The predicted octanol–water partition coefficient (Wildman–Crippen LogP) is 7.18. The molecular formula is C37H51F3N4O6. The SMILES string of the molecule is C[C@@H]1CCCCO[C@@H](CN(C)C(=O)C2CCCCC2)[C@H](C)CN([C@H](C)CO)C(=O)c2cc(NC(=O)Nc3ccc(C(F)(F)F)cc3)ccc2O1. The number of aliphatic hydroxyl groups excluding tert-OH is 1. The summed E-state index contributed by atoms with van der Waals surface area (Å²) in [5.41, 5.74) is -0.249. The molecule has 1 fully saturated rings. The summed E-state index contributed by atoms with van der Waals surface area (Å²) in [5, 5.41) is 15.4. The Morgan fingerprint density at radius 3 is 2.28 bits per heavy atom. The quantitative estimate of drug-likeness (QED) is 0.281. The molecule has 2 aliphatic rings. The third kappa shape index (κ3) is 10.8. The first-order chi connectivity index (χ1) is 23.8. The maximum absolute atomic E-state index is 14.4. The molecule has 0 spiro atoms. The molecule has 2 aromatic rings. The highest BCUT2D eigenvalue weighted by Crippen LogP contribution is 2.31. The van der Waals surface area contributed by atoms with Crippen molar-refractivity contribution in [1.82, 2.24) is 9.80 Å². The van der Waals surface area contributed by atoms with E-state index in [0.29, 0.717) is 25.3 Å². The van der Waals surface area contributed by atoms with Crippen molar-refractivity contribution in [3.8, 4) is 5.75 Å². The number of aliphatic hydroxyl groups is 1. The van der Waals surface area contributed by atoms with E-state index in [1.807, 2.05) is 20.9 Å². The van der Waals surface area contributed by atoms with Gasteiger partial charge in [-0.15, -0.1) is 0 Å². The lowest BCUT2D eigenvalue weighted by molar-refractivity contribution is -0.138. The first-order valence-electron chi connectivity index (χ1n) is 17.6. The number of benzene rings is 2. The van der Waals surface area contributed by atoms with Gasteiger partial charge in [-0.1, -0.05) is 26.2 Å². The summed E-state index contributed by atoms with van der Waals surface area (Å²) >= 11 is 0. The lowest BCUT2D eigenvalue weighted by atomic mass is 9.88. The summed E-state index contributed by atoms with van der Waals surface area (Å²) in [6.45, 7) is 6.42. The Kier molecular flexibility index (Phi) is 13.9. The second-order valence-corrected chi connectivity index (χ2v) is 13.7. The van der Waals surface area contributed by atoms with E-state index in [4.69, 9.17) is 9.47 Å². The minimum Gasteiger partial charge on any atom is -0.490 e. The van der Waals surface area contributed by atoms with Gasteiger partial charge < -0.3 is 35.0 Å². The number of anilines is 2. The summed E-state index contributed by atoms with van der Waals surface area (Å²) in [4.78, 5) is 43.8. The first kappa shape index (κ1) is 39.0. The van der Waals surface area contributed by atoms with Gasteiger partial charge in [-0.2, -0.15) is 13.2 Å². The molecule has 3 N–H and O–H groups in total. The van der Waals surface area contributed by atoms with E-state index in [0.717, 1.165) is 69.2 Å². The van der Waals surface area contributed by atoms with E-state index in [1.54, 1.807) is 28.9 Å². The lowest BCUT2D eigenvalue weighted by Gasteiger charge is -2.36. The second kappa shape index (κ2) is 17.9. The van der Waals surface area contributed by atoms with Crippen molar-refractivity contribution in [2.45, 2.75) is 96.6 Å². The van der Waals surface area contributed by atoms with E-state index < -0.39 is 29.7 Å². The number of carbonyl (C=O) groups is 3. The van der Waals surface area contributed by atoms with Crippen LogP contribution in [0.3, 0.4) is 0 Å². The molecule has 50 heavy (non-hydrogen) atoms. The van der Waals surface area contributed by atoms with E-state index in [1.165, 1.54) is 6.07 Å². The molecule has 1 aliphatic carbocycles. The van der Waals surface area contributed by atoms with Crippen LogP contribution in [-0.2, 0) is 15.7 Å². The molecule has 4 amide bonds. The average molecular weight is 705 g/mol. The van der Waals surface area contributed by atoms with Crippen LogP contribution in [-0.4, -0.2) is 84.4 Å². The number of rotatable bonds is 7. The van der Waals surface area contributed by atoms with Gasteiger partial charge in [0.25, 0.3) is 5.91 Å². The first-order valence-corrected chi connectivity index (χ1v) is 17.6. The number of fused-ring (bicyclic) bond motifs is 1. The van der Waals surface area contributed by atoms with Crippen molar-refractivity contribution in [2.24, 2.45) is 11.8 Å². The molecule has 1 saturated carbocycles. The van der Waals surface area contributed by atoms with E-state index in [-0.39, 0.29) is 60.0 Å². The molecule has 10 nitrogen and oxygen atoms in total. The number of alkyl halides is 3. The Bertz CT molecular complexity index is 1430. The normalized spacial score (nSPS) is 22.0. The number of hydrogen-bond acceptors (Lipinski definition) is 6. The fraction of sp³-hybridized carbons (Fsp3) is 0.595. The molecule has 1 heterocycles. The summed E-state index contributed by atoms with van der Waals surface area (Å²) < 4.78 is 51.5. The number of likely N-dealkylation sites (N-methyl/N-ethyl adjacent to an activating group) is 1. The molecule has 0 aromatic heterocycles. The van der Waals surface area contributed by atoms with Crippen molar-refractivity contribution in [2.75, 3.05) is 44.0 Å². The van der Waals surface area contributed by atoms with Crippen LogP contribution in [0.4, 0.5) is 29.3 Å². The maximum atomic E-state index is 14.4. The van der Waals surface area contributed by atoms with Crippen LogP contribution in [0, 0.1) is 11.8 Å². The number of nitrogens with one attached hydrogen (secondary N) is 2. The van der Waals surface area contributed by atoms with Crippen LogP contribution in [0.15, 0.2) is 42.5 Å². The molecule has 276 valence electrons. The molecule has 0 bridgehead atoms. The van der Waals surface area contributed by atoms with Gasteiger partial charge >= 0.3 is 12.2 Å². The Morgan fingerprint density at radius 1 is 0.980 bits per heavy atom. The topological polar surface area (TPSA) is 120 Å². The van der Waals surface area contributed by atoms with Crippen LogP contribution in [0.5, 0.6) is 5.75 Å². The van der Waals surface area contributed by atoms with Gasteiger partial charge in [0.15, 0.2) is 0 Å². The van der Waals surface area contributed by atoms with E-state index in [9.17, 15) is 32.7 Å². The highest BCUT2D eigenvalue weighted by molar-refractivity contribution is 6.02. The number of hydrogen-bond donors (Lipinski definition) is 3. The van der Waals surface area contributed by atoms with Crippen LogP contribution in [0.25, 0.3) is 0 Å². The van der Waals surface area contributed by atoms with E-state index >= 15 is 0 Å². The monoisotopic (exact) mass is 704 g/mol. The standard InChI is InChI=1S/C37H51F3N4O6/c1-24-21-44(25(2)23-45)35(47)31-20-30(42-36(48)41-29-15-13-28(14-16-29)37(38,39)40)17-18-32(31)50-26(3)10-8-9-19-49-33(24)22-43(4)34(46)27-11-6-5-7-12-27/h13-18,20,24-27,33,45H,5-12,19,21-23H2,1-4H3,(H2,41,42,48)/t24-,25-,26-,33+/m1/s1. The Hall–Kier alpha value is -3.84. The Morgan fingerprint density at radius 2 is 1.62 bits per heavy atom. The third-order valence-corrected chi connectivity index (χ3v) is 9.56. The largest absolute Gasteiger partial charge is 0.490 e. The molecular weight excluding hydrogens is 653 g/mol. The van der Waals surface area contributed by atoms with Crippen molar-refractivity contribution in [3.05, 3.63) is 53.6 Å². The van der Waals surface area contributed by atoms with Crippen molar-refractivity contribution < 1.29 is 42.1 Å². The van der Waals surface area contributed by atoms with Gasteiger partial charge in [-0.05, 0) is 88.4 Å². The summed E-state index contributed by atoms with van der Waals surface area (Å²) in [5.74, 6) is -0.167. The number of halogens is 3. The minimum atomic E-state index is -4.50. The number of ether oxygens (including phenoxy) is 2. The van der Waals surface area contributed by atoms with E-state index in [2.05, 4.69) is 10.6 Å². The smallest absolute Gasteiger partial charge is 0.416 e. The lowest BCUT2D eigenvalue weighted by Crippen LogP contribution is -2.48. The zero-order chi connectivity index (χ0) is 36.4. The third-order valence-electron chi connectivity index (χ3n) is 9.56. The number of urea groups is 1. The van der Waals surface area contributed by atoms with Crippen molar-refractivity contribution in [3.63, 3.8) is 0 Å². The fourth-order valence-corrected chi connectivity index (χ4v) is 6.52. The van der Waals surface area contributed by atoms with Gasteiger partial charge in [0.2, 0.25) is 5.91 Å². The molecule has 0 unspecified atom stereocenters. The summed E-state index contributed by atoms with van der Waals surface area (Å²) in [6, 6.07) is 7.44. The van der Waals surface area contributed by atoms with Gasteiger partial charge in [-0.25, -0.2) is 4.79 Å². The molecule has 0 radical (unpaired) electrons. The van der Waals surface area contributed by atoms with Gasteiger partial charge in [-0.3, -0.25) is 9.59 Å². The molecule has 13 heteroatoms. The van der Waals surface area contributed by atoms with Crippen molar-refractivity contribution in [1.29, 1.82) is 0 Å². The summed E-state index contributed by atoms with van der Waals surface area (Å²) in [7, 11) is 1.81. The highest BCUT2D eigenvalue weighted by Gasteiger charge is 2.33. The van der Waals surface area contributed by atoms with Gasteiger partial charge in [0.05, 0.1) is 36.0 Å². The maximum Gasteiger partial charge on any atom is 0.416 e. The fourth-order valence-electron chi connectivity index (χ4n) is 6.52.